The third-order valence-electron chi connectivity index (χ3n) is 5.17. The monoisotopic (exact) mass is 446 g/mol. The summed E-state index contributed by atoms with van der Waals surface area (Å²) in [6.45, 7) is 0.682. The van der Waals surface area contributed by atoms with E-state index in [0.29, 0.717) is 6.54 Å². The van der Waals surface area contributed by atoms with Crippen LogP contribution in [0.2, 0.25) is 0 Å². The molecule has 0 fully saturated rings. The number of hydrogen-bond acceptors (Lipinski definition) is 6. The largest absolute Gasteiger partial charge is 0.497 e. The van der Waals surface area contributed by atoms with Crippen molar-refractivity contribution in [2.45, 2.75) is 13.0 Å². The molecule has 0 saturated heterocycles. The van der Waals surface area contributed by atoms with Crippen LogP contribution in [0.3, 0.4) is 0 Å². The first-order valence-corrected chi connectivity index (χ1v) is 11.1. The van der Waals surface area contributed by atoms with Crippen molar-refractivity contribution in [3.8, 4) is 28.5 Å². The fraction of sp³-hybridized carbons (Fsp3) is 0.192. The summed E-state index contributed by atoms with van der Waals surface area (Å²) in [6.07, 6.45) is 0.799. The first-order valence-electron chi connectivity index (χ1n) is 10.3. The van der Waals surface area contributed by atoms with Gasteiger partial charge in [0, 0.05) is 29.5 Å². The summed E-state index contributed by atoms with van der Waals surface area (Å²) in [5, 5.41) is 4.35. The molecule has 0 radical (unpaired) electrons. The molecule has 4 aromatic rings. The molecule has 0 amide bonds. The molecule has 0 aliphatic rings. The highest BCUT2D eigenvalue weighted by Crippen LogP contribution is 2.39. The number of rotatable bonds is 9. The Kier molecular flexibility index (Phi) is 6.92. The Hall–Kier alpha value is -3.51. The van der Waals surface area contributed by atoms with E-state index < -0.39 is 0 Å². The van der Waals surface area contributed by atoms with Gasteiger partial charge in [-0.1, -0.05) is 42.5 Å². The van der Waals surface area contributed by atoms with Crippen molar-refractivity contribution in [1.82, 2.24) is 4.98 Å². The number of thiazole rings is 1. The molecule has 0 spiro atoms. The van der Waals surface area contributed by atoms with E-state index in [2.05, 4.69) is 41.7 Å². The molecule has 5 nitrogen and oxygen atoms in total. The number of anilines is 1. The number of hydrogen-bond donors (Lipinski definition) is 1. The lowest BCUT2D eigenvalue weighted by Gasteiger charge is -2.10. The fourth-order valence-electron chi connectivity index (χ4n) is 3.45. The highest BCUT2D eigenvalue weighted by Gasteiger charge is 2.18. The molecule has 1 N–H and O–H groups in total. The minimum Gasteiger partial charge on any atom is -0.497 e. The van der Waals surface area contributed by atoms with Gasteiger partial charge in [-0.05, 0) is 35.4 Å². The second kappa shape index (κ2) is 10.2. The quantitative estimate of drug-likeness (QED) is 0.340. The van der Waals surface area contributed by atoms with Crippen LogP contribution in [0.5, 0.6) is 17.2 Å². The Morgan fingerprint density at radius 2 is 1.50 bits per heavy atom. The Labute approximate surface area is 192 Å². The fourth-order valence-corrected chi connectivity index (χ4v) is 4.46. The van der Waals surface area contributed by atoms with Crippen LogP contribution in [-0.4, -0.2) is 26.3 Å². The summed E-state index contributed by atoms with van der Waals surface area (Å²) in [6, 6.07) is 24.3. The molecular formula is C26H26N2O3S. The van der Waals surface area contributed by atoms with Crippen LogP contribution >= 0.6 is 11.3 Å². The number of nitrogens with zero attached hydrogens (tertiary/aromatic N) is 1. The maximum absolute atomic E-state index is 5.66. The van der Waals surface area contributed by atoms with Gasteiger partial charge in [-0.3, -0.25) is 0 Å². The Bertz CT molecular complexity index is 1160. The van der Waals surface area contributed by atoms with Gasteiger partial charge in [0.15, 0.2) is 5.13 Å². The average Bonchev–Trinajstić information content (AvgIpc) is 3.25. The van der Waals surface area contributed by atoms with Crippen LogP contribution in [0, 0.1) is 0 Å². The molecular weight excluding hydrogens is 420 g/mol. The van der Waals surface area contributed by atoms with Crippen molar-refractivity contribution in [1.29, 1.82) is 0 Å². The minimum atomic E-state index is 0.682. The Balaban J connectivity index is 1.65. The smallest absolute Gasteiger partial charge is 0.183 e. The lowest BCUT2D eigenvalue weighted by Crippen LogP contribution is -1.99. The maximum atomic E-state index is 5.66. The summed E-state index contributed by atoms with van der Waals surface area (Å²) >= 11 is 1.67. The summed E-state index contributed by atoms with van der Waals surface area (Å²) in [5.74, 6) is 2.34. The van der Waals surface area contributed by atoms with Gasteiger partial charge in [-0.15, -0.1) is 11.3 Å². The Morgan fingerprint density at radius 1 is 0.781 bits per heavy atom. The van der Waals surface area contributed by atoms with Crippen LogP contribution in [0.15, 0.2) is 72.8 Å². The zero-order valence-electron chi connectivity index (χ0n) is 18.4. The van der Waals surface area contributed by atoms with Crippen molar-refractivity contribution in [2.24, 2.45) is 0 Å². The van der Waals surface area contributed by atoms with E-state index in [1.165, 1.54) is 10.4 Å². The van der Waals surface area contributed by atoms with Gasteiger partial charge in [0.25, 0.3) is 0 Å². The lowest BCUT2D eigenvalue weighted by atomic mass is 10.1. The molecule has 0 unspecified atom stereocenters. The van der Waals surface area contributed by atoms with Crippen molar-refractivity contribution in [3.05, 3.63) is 88.8 Å². The molecule has 6 heteroatoms. The zero-order valence-corrected chi connectivity index (χ0v) is 19.2. The summed E-state index contributed by atoms with van der Waals surface area (Å²) in [7, 11) is 5.00. The highest BCUT2D eigenvalue weighted by molar-refractivity contribution is 7.16. The third kappa shape index (κ3) is 5.03. The van der Waals surface area contributed by atoms with E-state index in [0.717, 1.165) is 45.6 Å². The maximum Gasteiger partial charge on any atom is 0.183 e. The van der Waals surface area contributed by atoms with Crippen LogP contribution in [-0.2, 0) is 13.0 Å². The Morgan fingerprint density at radius 3 is 2.19 bits per heavy atom. The van der Waals surface area contributed by atoms with Crippen LogP contribution in [0.1, 0.15) is 16.0 Å². The van der Waals surface area contributed by atoms with Crippen LogP contribution < -0.4 is 19.5 Å². The molecule has 3 aromatic carbocycles. The molecule has 0 atom stereocenters. The summed E-state index contributed by atoms with van der Waals surface area (Å²) in [4.78, 5) is 6.13. The van der Waals surface area contributed by atoms with E-state index >= 15 is 0 Å². The molecule has 164 valence electrons. The number of aromatic nitrogens is 1. The molecule has 0 bridgehead atoms. The van der Waals surface area contributed by atoms with Crippen molar-refractivity contribution in [3.63, 3.8) is 0 Å². The summed E-state index contributed by atoms with van der Waals surface area (Å²) < 4.78 is 16.3. The number of ether oxygens (including phenoxy) is 3. The van der Waals surface area contributed by atoms with Gasteiger partial charge >= 0.3 is 0 Å². The average molecular weight is 447 g/mol. The van der Waals surface area contributed by atoms with Gasteiger partial charge in [0.2, 0.25) is 0 Å². The lowest BCUT2D eigenvalue weighted by molar-refractivity contribution is 0.395. The van der Waals surface area contributed by atoms with Crippen molar-refractivity contribution in [2.75, 3.05) is 26.6 Å². The van der Waals surface area contributed by atoms with Crippen molar-refractivity contribution >= 4 is 16.5 Å². The normalized spacial score (nSPS) is 10.6. The molecule has 0 saturated carbocycles. The molecule has 1 aromatic heterocycles. The predicted molar refractivity (Wildman–Crippen MR) is 130 cm³/mol. The SMILES string of the molecule is COc1ccc(CNc2nc(-c3ccc(OC)cc3OC)c(Cc3ccccc3)s2)cc1. The standard InChI is InChI=1S/C26H26N2O3S/c1-29-20-11-9-19(10-12-20)17-27-26-28-25(22-14-13-21(30-2)16-23(22)31-3)24(32-26)15-18-7-5-4-6-8-18/h4-14,16H,15,17H2,1-3H3,(H,27,28). The number of nitrogens with one attached hydrogen (secondary N) is 1. The van der Waals surface area contributed by atoms with E-state index in [-0.39, 0.29) is 0 Å². The highest BCUT2D eigenvalue weighted by atomic mass is 32.1. The van der Waals surface area contributed by atoms with Crippen molar-refractivity contribution < 1.29 is 14.2 Å². The van der Waals surface area contributed by atoms with Crippen LogP contribution in [0.25, 0.3) is 11.3 Å². The second-order valence-electron chi connectivity index (χ2n) is 7.22. The van der Waals surface area contributed by atoms with E-state index in [1.54, 1.807) is 32.7 Å². The van der Waals surface area contributed by atoms with Gasteiger partial charge in [0.1, 0.15) is 17.2 Å². The zero-order chi connectivity index (χ0) is 22.3. The second-order valence-corrected chi connectivity index (χ2v) is 8.30. The van der Waals surface area contributed by atoms with Crippen LogP contribution in [0.4, 0.5) is 5.13 Å². The molecule has 32 heavy (non-hydrogen) atoms. The van der Waals surface area contributed by atoms with Gasteiger partial charge in [-0.25, -0.2) is 4.98 Å². The van der Waals surface area contributed by atoms with E-state index in [4.69, 9.17) is 19.2 Å². The predicted octanol–water partition coefficient (Wildman–Crippen LogP) is 6.04. The number of benzene rings is 3. The first-order chi connectivity index (χ1) is 15.7. The van der Waals surface area contributed by atoms with E-state index in [9.17, 15) is 0 Å². The molecule has 0 aliphatic carbocycles. The topological polar surface area (TPSA) is 52.6 Å². The van der Waals surface area contributed by atoms with Gasteiger partial charge in [-0.2, -0.15) is 0 Å². The number of methoxy groups -OCH3 is 3. The third-order valence-corrected chi connectivity index (χ3v) is 6.18. The van der Waals surface area contributed by atoms with Gasteiger partial charge in [0.05, 0.1) is 27.0 Å². The molecule has 0 aliphatic heterocycles. The van der Waals surface area contributed by atoms with E-state index in [1.807, 2.05) is 36.4 Å². The minimum absolute atomic E-state index is 0.682. The molecule has 1 heterocycles. The summed E-state index contributed by atoms with van der Waals surface area (Å²) in [5.41, 5.74) is 4.28. The first kappa shape index (κ1) is 21.7. The van der Waals surface area contributed by atoms with Gasteiger partial charge < -0.3 is 19.5 Å². The molecule has 4 rings (SSSR count).